The summed E-state index contributed by atoms with van der Waals surface area (Å²) in [5.41, 5.74) is 4.20. The van der Waals surface area contributed by atoms with Crippen LogP contribution in [-0.4, -0.2) is 42.8 Å². The highest BCUT2D eigenvalue weighted by Gasteiger charge is 2.29. The molecule has 1 aliphatic carbocycles. The number of aromatic amines is 1. The molecule has 4 rings (SSSR count). The molecule has 1 aromatic heterocycles. The number of benzene rings is 2. The smallest absolute Gasteiger partial charge is 0.198 e. The molecule has 0 saturated heterocycles. The summed E-state index contributed by atoms with van der Waals surface area (Å²) in [4.78, 5) is 23.9. The predicted molar refractivity (Wildman–Crippen MR) is 132 cm³/mol. The molecule has 0 bridgehead atoms. The van der Waals surface area contributed by atoms with Crippen molar-refractivity contribution in [2.75, 3.05) is 27.2 Å². The van der Waals surface area contributed by atoms with E-state index in [1.165, 1.54) is 0 Å². The van der Waals surface area contributed by atoms with E-state index in [0.717, 1.165) is 35.5 Å². The van der Waals surface area contributed by atoms with E-state index in [1.807, 2.05) is 32.3 Å². The number of aliphatic imine (C=N–C) groups is 1. The molecule has 162 valence electrons. The SMILES string of the molecule is CN(C)CCCN=C1C[C@H](c2ccc(Cl)cc2Cl)Cc2[nH]c3ccc(Cl)cc3c(=O)c21. The Morgan fingerprint density at radius 3 is 2.55 bits per heavy atom. The van der Waals surface area contributed by atoms with E-state index >= 15 is 0 Å². The van der Waals surface area contributed by atoms with E-state index in [4.69, 9.17) is 39.8 Å². The molecule has 1 atom stereocenters. The van der Waals surface area contributed by atoms with Gasteiger partial charge in [0.25, 0.3) is 0 Å². The number of nitrogens with zero attached hydrogens (tertiary/aromatic N) is 2. The number of nitrogens with one attached hydrogen (secondary N) is 1. The third-order valence-corrected chi connectivity index (χ3v) is 6.49. The van der Waals surface area contributed by atoms with Crippen LogP contribution in [0.4, 0.5) is 0 Å². The first-order valence-electron chi connectivity index (χ1n) is 10.3. The lowest BCUT2D eigenvalue weighted by Gasteiger charge is -2.27. The first-order chi connectivity index (χ1) is 14.8. The summed E-state index contributed by atoms with van der Waals surface area (Å²) < 4.78 is 0. The number of rotatable bonds is 5. The van der Waals surface area contributed by atoms with Gasteiger partial charge in [-0.05, 0) is 81.7 Å². The van der Waals surface area contributed by atoms with E-state index in [1.54, 1.807) is 18.2 Å². The minimum Gasteiger partial charge on any atom is -0.358 e. The van der Waals surface area contributed by atoms with Crippen LogP contribution in [0.3, 0.4) is 0 Å². The Morgan fingerprint density at radius 1 is 1.06 bits per heavy atom. The maximum absolute atomic E-state index is 13.4. The monoisotopic (exact) mass is 475 g/mol. The Hall–Kier alpha value is -1.85. The molecule has 7 heteroatoms. The Kier molecular flexibility index (Phi) is 6.73. The molecule has 0 unspecified atom stereocenters. The van der Waals surface area contributed by atoms with Crippen LogP contribution in [-0.2, 0) is 6.42 Å². The molecule has 0 saturated carbocycles. The van der Waals surface area contributed by atoms with Crippen LogP contribution < -0.4 is 5.43 Å². The molecule has 1 heterocycles. The van der Waals surface area contributed by atoms with Crippen LogP contribution in [0.2, 0.25) is 15.1 Å². The molecule has 0 amide bonds. The minimum absolute atomic E-state index is 0.0155. The lowest BCUT2D eigenvalue weighted by molar-refractivity contribution is 0.403. The summed E-state index contributed by atoms with van der Waals surface area (Å²) >= 11 is 18.8. The second-order valence-corrected chi connectivity index (χ2v) is 9.53. The number of fused-ring (bicyclic) bond motifs is 2. The van der Waals surface area contributed by atoms with Gasteiger partial charge in [0.2, 0.25) is 0 Å². The van der Waals surface area contributed by atoms with Crippen molar-refractivity contribution in [3.05, 3.63) is 78.5 Å². The molecule has 4 nitrogen and oxygen atoms in total. The molecule has 1 N–H and O–H groups in total. The van der Waals surface area contributed by atoms with Gasteiger partial charge in [0.05, 0.1) is 5.56 Å². The van der Waals surface area contributed by atoms with Crippen LogP contribution in [0.5, 0.6) is 0 Å². The van der Waals surface area contributed by atoms with Gasteiger partial charge in [0.15, 0.2) is 5.43 Å². The predicted octanol–water partition coefficient (Wildman–Crippen LogP) is 5.96. The summed E-state index contributed by atoms with van der Waals surface area (Å²) in [7, 11) is 4.09. The van der Waals surface area contributed by atoms with Crippen molar-refractivity contribution in [2.45, 2.75) is 25.2 Å². The zero-order valence-corrected chi connectivity index (χ0v) is 19.8. The van der Waals surface area contributed by atoms with E-state index in [2.05, 4.69) is 9.88 Å². The Bertz CT molecular complexity index is 1220. The van der Waals surface area contributed by atoms with Crippen LogP contribution in [0.25, 0.3) is 10.9 Å². The van der Waals surface area contributed by atoms with Gasteiger partial charge in [-0.3, -0.25) is 9.79 Å². The van der Waals surface area contributed by atoms with Gasteiger partial charge < -0.3 is 9.88 Å². The van der Waals surface area contributed by atoms with Crippen LogP contribution in [0, 0.1) is 0 Å². The third kappa shape index (κ3) is 4.83. The fraction of sp³-hybridized carbons (Fsp3) is 0.333. The fourth-order valence-corrected chi connectivity index (χ4v) is 4.95. The van der Waals surface area contributed by atoms with Gasteiger partial charge in [-0.25, -0.2) is 0 Å². The second-order valence-electron chi connectivity index (χ2n) is 8.25. The van der Waals surface area contributed by atoms with Crippen LogP contribution in [0.1, 0.15) is 35.6 Å². The number of H-pyrrole nitrogens is 1. The van der Waals surface area contributed by atoms with Crippen molar-refractivity contribution in [3.8, 4) is 0 Å². The lowest BCUT2D eigenvalue weighted by Crippen LogP contribution is -2.29. The maximum atomic E-state index is 13.4. The van der Waals surface area contributed by atoms with Crippen molar-refractivity contribution in [2.24, 2.45) is 4.99 Å². The summed E-state index contributed by atoms with van der Waals surface area (Å²) in [6.45, 7) is 1.61. The number of hydrogen-bond acceptors (Lipinski definition) is 3. The topological polar surface area (TPSA) is 48.5 Å². The first-order valence-corrected chi connectivity index (χ1v) is 11.4. The summed E-state index contributed by atoms with van der Waals surface area (Å²) in [6, 6.07) is 11.0. The molecule has 0 aliphatic heterocycles. The summed E-state index contributed by atoms with van der Waals surface area (Å²) in [5, 5.41) is 2.39. The Labute approximate surface area is 196 Å². The number of pyridine rings is 1. The van der Waals surface area contributed by atoms with E-state index in [9.17, 15) is 4.79 Å². The van der Waals surface area contributed by atoms with Crippen molar-refractivity contribution in [1.82, 2.24) is 9.88 Å². The average Bonchev–Trinajstić information content (AvgIpc) is 2.71. The summed E-state index contributed by atoms with van der Waals surface area (Å²) in [6.07, 6.45) is 2.27. The number of halogens is 3. The van der Waals surface area contributed by atoms with Crippen molar-refractivity contribution >= 4 is 51.4 Å². The highest BCUT2D eigenvalue weighted by molar-refractivity contribution is 6.35. The molecule has 0 fully saturated rings. The third-order valence-electron chi connectivity index (χ3n) is 5.69. The Morgan fingerprint density at radius 2 is 1.81 bits per heavy atom. The van der Waals surface area contributed by atoms with Crippen molar-refractivity contribution in [1.29, 1.82) is 0 Å². The molecule has 31 heavy (non-hydrogen) atoms. The van der Waals surface area contributed by atoms with Gasteiger partial charge in [-0.2, -0.15) is 0 Å². The molecule has 0 spiro atoms. The maximum Gasteiger partial charge on any atom is 0.198 e. The van der Waals surface area contributed by atoms with Crippen molar-refractivity contribution < 1.29 is 0 Å². The van der Waals surface area contributed by atoms with Gasteiger partial charge in [-0.1, -0.05) is 40.9 Å². The molecule has 3 aromatic rings. The summed E-state index contributed by atoms with van der Waals surface area (Å²) in [5.74, 6) is 0.116. The normalized spacial score (nSPS) is 17.5. The number of hydrogen-bond donors (Lipinski definition) is 1. The molecule has 2 aromatic carbocycles. The molecular formula is C24H24Cl3N3O. The zero-order valence-electron chi connectivity index (χ0n) is 17.5. The first kappa shape index (κ1) is 22.3. The lowest BCUT2D eigenvalue weighted by atomic mass is 9.80. The quantitative estimate of drug-likeness (QED) is 0.462. The van der Waals surface area contributed by atoms with Crippen LogP contribution >= 0.6 is 34.8 Å². The number of aromatic nitrogens is 1. The van der Waals surface area contributed by atoms with Crippen molar-refractivity contribution in [3.63, 3.8) is 0 Å². The second kappa shape index (κ2) is 9.33. The van der Waals surface area contributed by atoms with Crippen LogP contribution in [0.15, 0.2) is 46.2 Å². The molecular weight excluding hydrogens is 453 g/mol. The molecule has 0 radical (unpaired) electrons. The zero-order chi connectivity index (χ0) is 22.1. The van der Waals surface area contributed by atoms with E-state index in [0.29, 0.717) is 45.4 Å². The molecule has 1 aliphatic rings. The standard InChI is InChI=1S/C24H24Cl3N3O/c1-30(2)9-3-8-28-21-10-14(17-6-4-16(26)13-19(17)27)11-22-23(21)24(31)18-12-15(25)5-7-20(18)29-22/h4-7,12-14H,3,8-11H2,1-2H3,(H,29,31)/t14-/m0/s1. The Balaban J connectivity index is 1.81. The van der Waals surface area contributed by atoms with Gasteiger partial charge in [-0.15, -0.1) is 0 Å². The highest BCUT2D eigenvalue weighted by Crippen LogP contribution is 2.36. The highest BCUT2D eigenvalue weighted by atomic mass is 35.5. The fourth-order valence-electron chi connectivity index (χ4n) is 4.22. The largest absolute Gasteiger partial charge is 0.358 e. The van der Waals surface area contributed by atoms with Gasteiger partial charge >= 0.3 is 0 Å². The van der Waals surface area contributed by atoms with E-state index < -0.39 is 0 Å². The van der Waals surface area contributed by atoms with Gasteiger partial charge in [0, 0.05) is 43.9 Å². The minimum atomic E-state index is -0.0155. The van der Waals surface area contributed by atoms with Gasteiger partial charge in [0.1, 0.15) is 0 Å². The average molecular weight is 477 g/mol. The van der Waals surface area contributed by atoms with E-state index in [-0.39, 0.29) is 11.3 Å².